The Balaban J connectivity index is 1.54. The molecule has 0 aliphatic carbocycles. The molecule has 0 aliphatic heterocycles. The van der Waals surface area contributed by atoms with Crippen LogP contribution in [0.15, 0.2) is 78.0 Å². The molecule has 4 rings (SSSR count). The number of hydrogen-bond donors (Lipinski definition) is 1. The second-order valence-corrected chi connectivity index (χ2v) is 10.5. The molecule has 1 atom stereocenters. The van der Waals surface area contributed by atoms with Gasteiger partial charge in [0, 0.05) is 17.5 Å². The monoisotopic (exact) mass is 582 g/mol. The molecule has 0 bridgehead atoms. The summed E-state index contributed by atoms with van der Waals surface area (Å²) in [5.74, 6) is -0.533. The minimum atomic E-state index is -4.39. The Hall–Kier alpha value is -4.18. The molecule has 0 fully saturated rings. The van der Waals surface area contributed by atoms with Gasteiger partial charge >= 0.3 is 12.1 Å². The lowest BCUT2D eigenvalue weighted by Gasteiger charge is -2.16. The van der Waals surface area contributed by atoms with E-state index in [1.165, 1.54) is 23.5 Å². The number of halogens is 3. The highest BCUT2D eigenvalue weighted by atomic mass is 32.1. The number of benzene rings is 3. The lowest BCUT2D eigenvalue weighted by molar-refractivity contribution is -0.145. The van der Waals surface area contributed by atoms with Crippen molar-refractivity contribution in [2.24, 2.45) is 5.16 Å². The first-order valence-corrected chi connectivity index (χ1v) is 13.7. The highest BCUT2D eigenvalue weighted by molar-refractivity contribution is 7.15. The second kappa shape index (κ2) is 13.0. The maximum Gasteiger partial charge on any atom is 0.416 e. The predicted octanol–water partition coefficient (Wildman–Crippen LogP) is 7.85. The van der Waals surface area contributed by atoms with Crippen LogP contribution in [-0.2, 0) is 28.8 Å². The zero-order valence-corrected chi connectivity index (χ0v) is 23.6. The fourth-order valence-corrected chi connectivity index (χ4v) is 5.03. The summed E-state index contributed by atoms with van der Waals surface area (Å²) in [6.45, 7) is 5.55. The SMILES string of the molecule is CCC(Oc1ccc(C(Cc2ccccc2)=NOCc2sc(-c3ccc(C(F)(F)F)cc3)nc2C)cc1C)C(=O)O. The van der Waals surface area contributed by atoms with Gasteiger partial charge in [0.25, 0.3) is 0 Å². The standard InChI is InChI=1S/C31H29F3N2O4S/c1-4-26(30(37)38)40-27-15-12-23(16-19(27)2)25(17-21-8-6-5-7-9-21)36-39-18-28-20(3)35-29(41-28)22-10-13-24(14-11-22)31(32,33)34/h5-16,26H,4,17-18H2,1-3H3,(H,37,38). The molecule has 0 amide bonds. The van der Waals surface area contributed by atoms with Gasteiger partial charge in [0.05, 0.1) is 21.8 Å². The van der Waals surface area contributed by atoms with E-state index < -0.39 is 23.8 Å². The molecule has 214 valence electrons. The molecule has 0 saturated carbocycles. The molecule has 1 heterocycles. The van der Waals surface area contributed by atoms with Crippen molar-refractivity contribution in [2.75, 3.05) is 0 Å². The van der Waals surface area contributed by atoms with Crippen LogP contribution in [0.2, 0.25) is 0 Å². The van der Waals surface area contributed by atoms with Gasteiger partial charge in [-0.2, -0.15) is 13.2 Å². The van der Waals surface area contributed by atoms with E-state index in [0.29, 0.717) is 40.6 Å². The van der Waals surface area contributed by atoms with Crippen molar-refractivity contribution in [3.63, 3.8) is 0 Å². The first-order chi connectivity index (χ1) is 19.5. The Bertz CT molecular complexity index is 1520. The third kappa shape index (κ3) is 7.73. The zero-order chi connectivity index (χ0) is 29.6. The largest absolute Gasteiger partial charge is 0.479 e. The van der Waals surface area contributed by atoms with Crippen molar-refractivity contribution in [3.05, 3.63) is 106 Å². The van der Waals surface area contributed by atoms with E-state index in [1.54, 1.807) is 13.0 Å². The number of aromatic nitrogens is 1. The molecule has 0 radical (unpaired) electrons. The summed E-state index contributed by atoms with van der Waals surface area (Å²) in [7, 11) is 0. The number of nitrogens with zero attached hydrogens (tertiary/aromatic N) is 2. The molecule has 1 aromatic heterocycles. The predicted molar refractivity (Wildman–Crippen MR) is 152 cm³/mol. The topological polar surface area (TPSA) is 81.0 Å². The van der Waals surface area contributed by atoms with Gasteiger partial charge in [-0.05, 0) is 61.7 Å². The summed E-state index contributed by atoms with van der Waals surface area (Å²) < 4.78 is 44.5. The molecule has 3 aromatic carbocycles. The number of carboxylic acid groups (broad SMARTS) is 1. The Morgan fingerprint density at radius 3 is 2.37 bits per heavy atom. The third-order valence-electron chi connectivity index (χ3n) is 6.36. The Kier molecular flexibility index (Phi) is 9.44. The van der Waals surface area contributed by atoms with Gasteiger partial charge in [0.2, 0.25) is 0 Å². The summed E-state index contributed by atoms with van der Waals surface area (Å²) in [5.41, 5.74) is 3.86. The minimum absolute atomic E-state index is 0.138. The van der Waals surface area contributed by atoms with Crippen molar-refractivity contribution in [3.8, 4) is 16.3 Å². The Morgan fingerprint density at radius 1 is 1.05 bits per heavy atom. The van der Waals surface area contributed by atoms with Crippen LogP contribution in [0.3, 0.4) is 0 Å². The van der Waals surface area contributed by atoms with E-state index in [1.807, 2.05) is 56.3 Å². The normalized spacial score (nSPS) is 12.7. The summed E-state index contributed by atoms with van der Waals surface area (Å²) in [5, 5.41) is 14.4. The van der Waals surface area contributed by atoms with Gasteiger partial charge in [-0.15, -0.1) is 11.3 Å². The van der Waals surface area contributed by atoms with E-state index in [4.69, 9.17) is 9.57 Å². The number of carboxylic acids is 1. The highest BCUT2D eigenvalue weighted by Crippen LogP contribution is 2.33. The quantitative estimate of drug-likeness (QED) is 0.144. The average molecular weight is 583 g/mol. The first-order valence-electron chi connectivity index (χ1n) is 12.9. The molecular weight excluding hydrogens is 553 g/mol. The number of thiazole rings is 1. The summed E-state index contributed by atoms with van der Waals surface area (Å²) >= 11 is 1.34. The fraction of sp³-hybridized carbons (Fsp3) is 0.258. The van der Waals surface area contributed by atoms with Crippen LogP contribution < -0.4 is 4.74 Å². The molecule has 0 spiro atoms. The van der Waals surface area contributed by atoms with E-state index in [0.717, 1.165) is 33.7 Å². The molecule has 1 N–H and O–H groups in total. The lowest BCUT2D eigenvalue weighted by atomic mass is 10.0. The zero-order valence-electron chi connectivity index (χ0n) is 22.7. The maximum absolute atomic E-state index is 12.9. The number of ether oxygens (including phenoxy) is 1. The third-order valence-corrected chi connectivity index (χ3v) is 7.54. The summed E-state index contributed by atoms with van der Waals surface area (Å²) in [4.78, 5) is 22.5. The fourth-order valence-electron chi connectivity index (χ4n) is 4.06. The van der Waals surface area contributed by atoms with E-state index in [-0.39, 0.29) is 6.61 Å². The van der Waals surface area contributed by atoms with Gasteiger partial charge in [0.15, 0.2) is 12.7 Å². The number of carbonyl (C=O) groups is 1. The molecule has 10 heteroatoms. The molecule has 6 nitrogen and oxygen atoms in total. The van der Waals surface area contributed by atoms with Crippen molar-refractivity contribution < 1.29 is 32.6 Å². The Labute approximate surface area is 240 Å². The van der Waals surface area contributed by atoms with Crippen LogP contribution >= 0.6 is 11.3 Å². The molecular formula is C31H29F3N2O4S. The van der Waals surface area contributed by atoms with Gasteiger partial charge in [-0.3, -0.25) is 0 Å². The van der Waals surface area contributed by atoms with Crippen LogP contribution in [0.25, 0.3) is 10.6 Å². The van der Waals surface area contributed by atoms with Crippen molar-refractivity contribution in [2.45, 2.75) is 52.5 Å². The molecule has 0 aliphatic rings. The van der Waals surface area contributed by atoms with Crippen LogP contribution in [-0.4, -0.2) is 27.9 Å². The number of hydrogen-bond acceptors (Lipinski definition) is 6. The smallest absolute Gasteiger partial charge is 0.416 e. The number of aryl methyl sites for hydroxylation is 2. The van der Waals surface area contributed by atoms with E-state index in [9.17, 15) is 23.1 Å². The summed E-state index contributed by atoms with van der Waals surface area (Å²) in [6, 6.07) is 20.2. The lowest BCUT2D eigenvalue weighted by Crippen LogP contribution is -2.26. The number of rotatable bonds is 11. The first kappa shape index (κ1) is 29.8. The Morgan fingerprint density at radius 2 is 1.76 bits per heavy atom. The van der Waals surface area contributed by atoms with Gasteiger partial charge in [-0.1, -0.05) is 54.5 Å². The van der Waals surface area contributed by atoms with Crippen molar-refractivity contribution >= 4 is 23.0 Å². The highest BCUT2D eigenvalue weighted by Gasteiger charge is 2.30. The number of alkyl halides is 3. The summed E-state index contributed by atoms with van der Waals surface area (Å²) in [6.07, 6.45) is -4.50. The molecule has 41 heavy (non-hydrogen) atoms. The average Bonchev–Trinajstić information content (AvgIpc) is 3.32. The number of aliphatic carboxylic acids is 1. The molecule has 0 saturated heterocycles. The maximum atomic E-state index is 12.9. The van der Waals surface area contributed by atoms with Gasteiger partial charge < -0.3 is 14.7 Å². The van der Waals surface area contributed by atoms with Gasteiger partial charge in [-0.25, -0.2) is 9.78 Å². The second-order valence-electron chi connectivity index (χ2n) is 9.41. The van der Waals surface area contributed by atoms with E-state index >= 15 is 0 Å². The minimum Gasteiger partial charge on any atom is -0.479 e. The van der Waals surface area contributed by atoms with Crippen molar-refractivity contribution in [1.82, 2.24) is 4.98 Å². The molecule has 4 aromatic rings. The van der Waals surface area contributed by atoms with E-state index in [2.05, 4.69) is 10.1 Å². The molecule has 1 unspecified atom stereocenters. The van der Waals surface area contributed by atoms with Crippen molar-refractivity contribution in [1.29, 1.82) is 0 Å². The van der Waals surface area contributed by atoms with Crippen LogP contribution in [0.4, 0.5) is 13.2 Å². The number of oxime groups is 1. The van der Waals surface area contributed by atoms with Gasteiger partial charge in [0.1, 0.15) is 10.8 Å². The van der Waals surface area contributed by atoms with Crippen LogP contribution in [0, 0.1) is 13.8 Å². The van der Waals surface area contributed by atoms with Crippen LogP contribution in [0.5, 0.6) is 5.75 Å². The van der Waals surface area contributed by atoms with Crippen LogP contribution in [0.1, 0.15) is 46.2 Å².